The Hall–Kier alpha value is -2.06. The summed E-state index contributed by atoms with van der Waals surface area (Å²) in [6, 6.07) is 23.0. The molecule has 0 atom stereocenters. The van der Waals surface area contributed by atoms with Crippen molar-refractivity contribution in [1.29, 1.82) is 0 Å². The number of halogens is 1. The third-order valence-corrected chi connectivity index (χ3v) is 4.08. The molecular weight excluding hydrogens is 310 g/mol. The maximum Gasteiger partial charge on any atom is 0.0623 e. The second-order valence-electron chi connectivity index (χ2n) is 4.78. The SMILES string of the molecule is [2H]c1ccc2c(c1)c1cc(Br)ccc1n2-c1ccccc1. The Bertz CT molecular complexity index is 898. The monoisotopic (exact) mass is 322 g/mol. The smallest absolute Gasteiger partial charge is 0.0623 e. The van der Waals surface area contributed by atoms with Crippen LogP contribution in [-0.4, -0.2) is 4.57 Å². The van der Waals surface area contributed by atoms with E-state index in [9.17, 15) is 0 Å². The van der Waals surface area contributed by atoms with Crippen molar-refractivity contribution >= 4 is 37.7 Å². The number of hydrogen-bond acceptors (Lipinski definition) is 0. The summed E-state index contributed by atoms with van der Waals surface area (Å²) in [5.41, 5.74) is 3.42. The van der Waals surface area contributed by atoms with Crippen LogP contribution < -0.4 is 0 Å². The zero-order valence-electron chi connectivity index (χ0n) is 11.7. The molecule has 0 saturated heterocycles. The molecule has 0 N–H and O–H groups in total. The highest BCUT2D eigenvalue weighted by molar-refractivity contribution is 9.10. The fraction of sp³-hybridized carbons (Fsp3) is 0. The molecule has 0 fully saturated rings. The fourth-order valence-electron chi connectivity index (χ4n) is 2.74. The fourth-order valence-corrected chi connectivity index (χ4v) is 3.10. The van der Waals surface area contributed by atoms with Crippen molar-refractivity contribution in [1.82, 2.24) is 4.57 Å². The van der Waals surface area contributed by atoms with Crippen LogP contribution in [0.5, 0.6) is 0 Å². The Morgan fingerprint density at radius 3 is 2.45 bits per heavy atom. The summed E-state index contributed by atoms with van der Waals surface area (Å²) >= 11 is 3.55. The van der Waals surface area contributed by atoms with Gasteiger partial charge in [-0.25, -0.2) is 0 Å². The molecular formula is C18H12BrN. The van der Waals surface area contributed by atoms with E-state index in [1.54, 1.807) is 0 Å². The Balaban J connectivity index is 2.22. The summed E-state index contributed by atoms with van der Waals surface area (Å²) in [6.45, 7) is 0. The highest BCUT2D eigenvalue weighted by Gasteiger charge is 2.11. The van der Waals surface area contributed by atoms with Gasteiger partial charge in [-0.15, -0.1) is 0 Å². The van der Waals surface area contributed by atoms with Gasteiger partial charge in [0, 0.05) is 20.9 Å². The minimum atomic E-state index is 0.537. The first-order valence-corrected chi connectivity index (χ1v) is 7.29. The highest BCUT2D eigenvalue weighted by Crippen LogP contribution is 2.33. The van der Waals surface area contributed by atoms with Crippen molar-refractivity contribution in [3.63, 3.8) is 0 Å². The van der Waals surface area contributed by atoms with Crippen molar-refractivity contribution in [3.05, 3.63) is 77.2 Å². The summed E-state index contributed by atoms with van der Waals surface area (Å²) in [5, 5.41) is 2.28. The molecule has 0 amide bonds. The van der Waals surface area contributed by atoms with E-state index in [-0.39, 0.29) is 0 Å². The van der Waals surface area contributed by atoms with Gasteiger partial charge < -0.3 is 4.57 Å². The number of fused-ring (bicyclic) bond motifs is 3. The normalized spacial score (nSPS) is 11.9. The number of benzene rings is 3. The van der Waals surface area contributed by atoms with E-state index >= 15 is 0 Å². The first-order chi connectivity index (χ1) is 10.2. The Morgan fingerprint density at radius 1 is 0.800 bits per heavy atom. The van der Waals surface area contributed by atoms with Crippen molar-refractivity contribution in [2.24, 2.45) is 0 Å². The number of hydrogen-bond donors (Lipinski definition) is 0. The topological polar surface area (TPSA) is 4.93 Å². The van der Waals surface area contributed by atoms with E-state index in [0.29, 0.717) is 6.04 Å². The lowest BCUT2D eigenvalue weighted by Crippen LogP contribution is -1.92. The summed E-state index contributed by atoms with van der Waals surface area (Å²) < 4.78 is 11.2. The van der Waals surface area contributed by atoms with Gasteiger partial charge in [0.1, 0.15) is 0 Å². The van der Waals surface area contributed by atoms with Gasteiger partial charge in [0.2, 0.25) is 0 Å². The second kappa shape index (κ2) is 4.50. The average Bonchev–Trinajstić information content (AvgIpc) is 2.81. The van der Waals surface area contributed by atoms with E-state index in [0.717, 1.165) is 32.0 Å². The number of rotatable bonds is 1. The van der Waals surface area contributed by atoms with Gasteiger partial charge in [-0.3, -0.25) is 0 Å². The van der Waals surface area contributed by atoms with Crippen molar-refractivity contribution in [2.75, 3.05) is 0 Å². The maximum absolute atomic E-state index is 7.90. The van der Waals surface area contributed by atoms with E-state index in [4.69, 9.17) is 1.37 Å². The largest absolute Gasteiger partial charge is 0.309 e. The van der Waals surface area contributed by atoms with E-state index in [1.165, 1.54) is 0 Å². The van der Waals surface area contributed by atoms with Gasteiger partial charge in [0.15, 0.2) is 0 Å². The Labute approximate surface area is 127 Å². The molecule has 4 aromatic rings. The minimum absolute atomic E-state index is 0.537. The molecule has 1 heterocycles. The van der Waals surface area contributed by atoms with Crippen molar-refractivity contribution in [3.8, 4) is 5.69 Å². The summed E-state index contributed by atoms with van der Waals surface area (Å²) in [6.07, 6.45) is 0. The molecule has 0 aliphatic carbocycles. The second-order valence-corrected chi connectivity index (χ2v) is 5.69. The van der Waals surface area contributed by atoms with Crippen molar-refractivity contribution < 1.29 is 1.37 Å². The quantitative estimate of drug-likeness (QED) is 0.433. The predicted molar refractivity (Wildman–Crippen MR) is 88.5 cm³/mol. The van der Waals surface area contributed by atoms with Crippen LogP contribution in [0.15, 0.2) is 77.2 Å². The molecule has 20 heavy (non-hydrogen) atoms. The van der Waals surface area contributed by atoms with Crippen LogP contribution >= 0.6 is 15.9 Å². The Morgan fingerprint density at radius 2 is 1.60 bits per heavy atom. The molecule has 96 valence electrons. The molecule has 0 radical (unpaired) electrons. The molecule has 1 nitrogen and oxygen atoms in total. The van der Waals surface area contributed by atoms with Crippen LogP contribution in [0.2, 0.25) is 0 Å². The van der Waals surface area contributed by atoms with E-state index < -0.39 is 0 Å². The lowest BCUT2D eigenvalue weighted by molar-refractivity contribution is 1.18. The summed E-state index contributed by atoms with van der Waals surface area (Å²) in [7, 11) is 0. The van der Waals surface area contributed by atoms with Gasteiger partial charge in [-0.05, 0) is 36.4 Å². The van der Waals surface area contributed by atoms with Gasteiger partial charge >= 0.3 is 0 Å². The average molecular weight is 323 g/mol. The molecule has 4 rings (SSSR count). The molecule has 2 heteroatoms. The van der Waals surface area contributed by atoms with Crippen LogP contribution in [0.3, 0.4) is 0 Å². The highest BCUT2D eigenvalue weighted by atomic mass is 79.9. The molecule has 0 aliphatic heterocycles. The van der Waals surface area contributed by atoms with E-state index in [2.05, 4.69) is 50.8 Å². The van der Waals surface area contributed by atoms with Crippen LogP contribution in [0.25, 0.3) is 27.5 Å². The molecule has 1 aromatic heterocycles. The summed E-state index contributed by atoms with van der Waals surface area (Å²) in [4.78, 5) is 0. The van der Waals surface area contributed by atoms with Gasteiger partial charge in [0.25, 0.3) is 0 Å². The van der Waals surface area contributed by atoms with Gasteiger partial charge in [0.05, 0.1) is 12.4 Å². The third kappa shape index (κ3) is 1.69. The van der Waals surface area contributed by atoms with Crippen LogP contribution in [0.1, 0.15) is 1.37 Å². The van der Waals surface area contributed by atoms with Crippen LogP contribution in [-0.2, 0) is 0 Å². The van der Waals surface area contributed by atoms with Crippen molar-refractivity contribution in [2.45, 2.75) is 0 Å². The van der Waals surface area contributed by atoms with Crippen LogP contribution in [0.4, 0.5) is 0 Å². The number of nitrogens with zero attached hydrogens (tertiary/aromatic N) is 1. The number of aromatic nitrogens is 1. The van der Waals surface area contributed by atoms with Gasteiger partial charge in [-0.1, -0.05) is 52.3 Å². The van der Waals surface area contributed by atoms with Crippen LogP contribution in [0, 0.1) is 0 Å². The third-order valence-electron chi connectivity index (χ3n) is 3.59. The summed E-state index contributed by atoms with van der Waals surface area (Å²) in [5.74, 6) is 0. The zero-order valence-corrected chi connectivity index (χ0v) is 12.3. The molecule has 0 saturated carbocycles. The molecule has 0 spiro atoms. The maximum atomic E-state index is 7.90. The minimum Gasteiger partial charge on any atom is -0.309 e. The first kappa shape index (κ1) is 10.7. The zero-order chi connectivity index (χ0) is 14.4. The first-order valence-electron chi connectivity index (χ1n) is 7.00. The lowest BCUT2D eigenvalue weighted by Gasteiger charge is -2.07. The lowest BCUT2D eigenvalue weighted by atomic mass is 10.2. The van der Waals surface area contributed by atoms with Gasteiger partial charge in [-0.2, -0.15) is 0 Å². The predicted octanol–water partition coefficient (Wildman–Crippen LogP) is 5.55. The molecule has 0 unspecified atom stereocenters. The molecule has 3 aromatic carbocycles. The molecule has 0 bridgehead atoms. The molecule has 0 aliphatic rings. The number of para-hydroxylation sites is 2. The Kier molecular flexibility index (Phi) is 2.40. The standard InChI is InChI=1S/C18H12BrN/c19-13-10-11-18-16(12-13)15-8-4-5-9-17(15)20(18)14-6-2-1-3-7-14/h1-12H/i4D. The van der Waals surface area contributed by atoms with E-state index in [1.807, 2.05) is 36.4 Å².